The summed E-state index contributed by atoms with van der Waals surface area (Å²) in [4.78, 5) is 13.8. The van der Waals surface area contributed by atoms with Crippen LogP contribution in [0.2, 0.25) is 0 Å². The van der Waals surface area contributed by atoms with Gasteiger partial charge in [-0.15, -0.1) is 0 Å². The molecule has 0 unspecified atom stereocenters. The number of nitrogens with one attached hydrogen (secondary N) is 1. The second-order valence-corrected chi connectivity index (χ2v) is 5.18. The van der Waals surface area contributed by atoms with Gasteiger partial charge in [0, 0.05) is 20.2 Å². The van der Waals surface area contributed by atoms with Crippen LogP contribution >= 0.6 is 0 Å². The first-order chi connectivity index (χ1) is 8.47. The zero-order valence-corrected chi connectivity index (χ0v) is 12.2. The molecule has 0 radical (unpaired) electrons. The van der Waals surface area contributed by atoms with Crippen molar-refractivity contribution in [2.24, 2.45) is 11.7 Å². The van der Waals surface area contributed by atoms with Crippen LogP contribution < -0.4 is 11.1 Å². The molecule has 0 heterocycles. The molecule has 0 rings (SSSR count). The fraction of sp³-hybridized carbons (Fsp3) is 0.923. The summed E-state index contributed by atoms with van der Waals surface area (Å²) in [6.07, 6.45) is 1.67. The number of amides is 1. The van der Waals surface area contributed by atoms with Gasteiger partial charge in [0.25, 0.3) is 0 Å². The molecular formula is C13H29N3O2. The van der Waals surface area contributed by atoms with E-state index in [4.69, 9.17) is 10.5 Å². The van der Waals surface area contributed by atoms with Gasteiger partial charge in [-0.05, 0) is 32.4 Å². The minimum Gasteiger partial charge on any atom is -0.383 e. The highest BCUT2D eigenvalue weighted by Crippen LogP contribution is 2.02. The largest absolute Gasteiger partial charge is 0.383 e. The van der Waals surface area contributed by atoms with E-state index in [-0.39, 0.29) is 11.9 Å². The van der Waals surface area contributed by atoms with Gasteiger partial charge in [-0.25, -0.2) is 0 Å². The van der Waals surface area contributed by atoms with Crippen molar-refractivity contribution in [1.82, 2.24) is 10.2 Å². The quantitative estimate of drug-likeness (QED) is 0.559. The summed E-state index contributed by atoms with van der Waals surface area (Å²) in [5.74, 6) is 0.411. The molecule has 0 saturated heterocycles. The van der Waals surface area contributed by atoms with Crippen LogP contribution in [-0.2, 0) is 9.53 Å². The van der Waals surface area contributed by atoms with Crippen molar-refractivity contribution in [2.45, 2.75) is 32.7 Å². The Morgan fingerprint density at radius 2 is 2.06 bits per heavy atom. The zero-order chi connectivity index (χ0) is 14.0. The van der Waals surface area contributed by atoms with E-state index in [0.29, 0.717) is 12.5 Å². The van der Waals surface area contributed by atoms with Crippen LogP contribution in [0.3, 0.4) is 0 Å². The Labute approximate surface area is 111 Å². The number of rotatable bonds is 10. The first-order valence-corrected chi connectivity index (χ1v) is 6.68. The van der Waals surface area contributed by atoms with E-state index in [9.17, 15) is 4.79 Å². The highest BCUT2D eigenvalue weighted by molar-refractivity contribution is 5.81. The maximum Gasteiger partial charge on any atom is 0.236 e. The SMILES string of the molecule is COCCN(C)CCCNC(=O)[C@@H](N)CC(C)C. The van der Waals surface area contributed by atoms with Crippen molar-refractivity contribution in [2.75, 3.05) is 40.4 Å². The van der Waals surface area contributed by atoms with Gasteiger partial charge < -0.3 is 20.7 Å². The van der Waals surface area contributed by atoms with Gasteiger partial charge in [-0.3, -0.25) is 4.79 Å². The second-order valence-electron chi connectivity index (χ2n) is 5.18. The topological polar surface area (TPSA) is 67.6 Å². The highest BCUT2D eigenvalue weighted by Gasteiger charge is 2.13. The molecule has 0 bridgehead atoms. The lowest BCUT2D eigenvalue weighted by Crippen LogP contribution is -2.42. The summed E-state index contributed by atoms with van der Waals surface area (Å²) in [7, 11) is 3.75. The molecule has 0 aromatic rings. The standard InChI is InChI=1S/C13H29N3O2/c1-11(2)10-12(14)13(17)15-6-5-7-16(3)8-9-18-4/h11-12H,5-10,14H2,1-4H3,(H,15,17)/t12-/m0/s1. The molecule has 5 heteroatoms. The minimum atomic E-state index is -0.378. The van der Waals surface area contributed by atoms with Crippen LogP contribution in [0, 0.1) is 5.92 Å². The van der Waals surface area contributed by atoms with E-state index >= 15 is 0 Å². The predicted octanol–water partition coefficient (Wildman–Crippen LogP) is 0.444. The summed E-state index contributed by atoms with van der Waals surface area (Å²) in [5.41, 5.74) is 5.79. The summed E-state index contributed by atoms with van der Waals surface area (Å²) < 4.78 is 5.00. The fourth-order valence-electron chi connectivity index (χ4n) is 1.67. The molecule has 3 N–H and O–H groups in total. The Bertz CT molecular complexity index is 222. The van der Waals surface area contributed by atoms with E-state index in [1.165, 1.54) is 0 Å². The Morgan fingerprint density at radius 1 is 1.39 bits per heavy atom. The molecular weight excluding hydrogens is 230 g/mol. The first-order valence-electron chi connectivity index (χ1n) is 6.68. The van der Waals surface area contributed by atoms with Crippen LogP contribution in [0.15, 0.2) is 0 Å². The maximum atomic E-state index is 11.6. The molecule has 0 saturated carbocycles. The number of carbonyl (C=O) groups is 1. The normalized spacial score (nSPS) is 13.1. The van der Waals surface area contributed by atoms with E-state index in [2.05, 4.69) is 24.1 Å². The molecule has 0 aliphatic rings. The number of carbonyl (C=O) groups excluding carboxylic acids is 1. The molecule has 0 spiro atoms. The highest BCUT2D eigenvalue weighted by atomic mass is 16.5. The lowest BCUT2D eigenvalue weighted by molar-refractivity contribution is -0.122. The predicted molar refractivity (Wildman–Crippen MR) is 74.4 cm³/mol. The molecule has 5 nitrogen and oxygen atoms in total. The number of nitrogens with zero attached hydrogens (tertiary/aromatic N) is 1. The molecule has 108 valence electrons. The van der Waals surface area contributed by atoms with Gasteiger partial charge in [-0.1, -0.05) is 13.8 Å². The molecule has 0 aliphatic carbocycles. The van der Waals surface area contributed by atoms with Crippen molar-refractivity contribution in [3.63, 3.8) is 0 Å². The minimum absolute atomic E-state index is 0.0387. The Kier molecular flexibility index (Phi) is 9.92. The van der Waals surface area contributed by atoms with Crippen molar-refractivity contribution in [3.8, 4) is 0 Å². The van der Waals surface area contributed by atoms with E-state index in [1.54, 1.807) is 7.11 Å². The summed E-state index contributed by atoms with van der Waals surface area (Å²) in [5, 5.41) is 2.88. The third-order valence-electron chi connectivity index (χ3n) is 2.76. The van der Waals surface area contributed by atoms with Crippen LogP contribution in [0.5, 0.6) is 0 Å². The summed E-state index contributed by atoms with van der Waals surface area (Å²) in [6, 6.07) is -0.378. The number of likely N-dealkylation sites (N-methyl/N-ethyl adjacent to an activating group) is 1. The average molecular weight is 259 g/mol. The van der Waals surface area contributed by atoms with E-state index < -0.39 is 0 Å². The number of hydrogen-bond acceptors (Lipinski definition) is 4. The molecule has 0 aromatic carbocycles. The fourth-order valence-corrected chi connectivity index (χ4v) is 1.67. The van der Waals surface area contributed by atoms with Gasteiger partial charge in [-0.2, -0.15) is 0 Å². The smallest absolute Gasteiger partial charge is 0.236 e. The second kappa shape index (κ2) is 10.3. The maximum absolute atomic E-state index is 11.6. The van der Waals surface area contributed by atoms with Crippen LogP contribution in [-0.4, -0.2) is 57.2 Å². The molecule has 0 aliphatic heterocycles. The third-order valence-corrected chi connectivity index (χ3v) is 2.76. The third kappa shape index (κ3) is 9.39. The lowest BCUT2D eigenvalue weighted by atomic mass is 10.0. The van der Waals surface area contributed by atoms with Gasteiger partial charge in [0.1, 0.15) is 0 Å². The average Bonchev–Trinajstić information content (AvgIpc) is 2.30. The molecule has 0 fully saturated rings. The molecule has 1 amide bonds. The first kappa shape index (κ1) is 17.4. The van der Waals surface area contributed by atoms with Crippen molar-refractivity contribution >= 4 is 5.91 Å². The van der Waals surface area contributed by atoms with Gasteiger partial charge in [0.05, 0.1) is 12.6 Å². The summed E-state index contributed by atoms with van der Waals surface area (Å²) in [6.45, 7) is 7.42. The van der Waals surface area contributed by atoms with E-state index in [0.717, 1.165) is 32.5 Å². The van der Waals surface area contributed by atoms with Crippen molar-refractivity contribution in [1.29, 1.82) is 0 Å². The van der Waals surface area contributed by atoms with Gasteiger partial charge in [0.15, 0.2) is 0 Å². The van der Waals surface area contributed by atoms with Gasteiger partial charge in [0.2, 0.25) is 5.91 Å². The van der Waals surface area contributed by atoms with Crippen LogP contribution in [0.1, 0.15) is 26.7 Å². The number of hydrogen-bond donors (Lipinski definition) is 2. The lowest BCUT2D eigenvalue weighted by Gasteiger charge is -2.17. The van der Waals surface area contributed by atoms with Crippen molar-refractivity contribution < 1.29 is 9.53 Å². The summed E-state index contributed by atoms with van der Waals surface area (Å²) >= 11 is 0. The monoisotopic (exact) mass is 259 g/mol. The molecule has 0 aromatic heterocycles. The number of nitrogens with two attached hydrogens (primary N) is 1. The van der Waals surface area contributed by atoms with E-state index in [1.807, 2.05) is 7.05 Å². The Morgan fingerprint density at radius 3 is 2.61 bits per heavy atom. The number of ether oxygens (including phenoxy) is 1. The molecule has 18 heavy (non-hydrogen) atoms. The van der Waals surface area contributed by atoms with Crippen LogP contribution in [0.4, 0.5) is 0 Å². The Balaban J connectivity index is 3.56. The Hall–Kier alpha value is -0.650. The van der Waals surface area contributed by atoms with Crippen molar-refractivity contribution in [3.05, 3.63) is 0 Å². The number of methoxy groups -OCH3 is 1. The zero-order valence-electron chi connectivity index (χ0n) is 12.2. The molecule has 1 atom stereocenters. The van der Waals surface area contributed by atoms with Crippen LogP contribution in [0.25, 0.3) is 0 Å². The van der Waals surface area contributed by atoms with Gasteiger partial charge >= 0.3 is 0 Å².